The molecule has 1 saturated heterocycles. The van der Waals surface area contributed by atoms with Crippen LogP contribution in [0.3, 0.4) is 0 Å². The monoisotopic (exact) mass is 337 g/mol. The molecule has 1 N–H and O–H groups in total. The van der Waals surface area contributed by atoms with E-state index in [-0.39, 0.29) is 5.91 Å². The minimum absolute atomic E-state index is 0.130. The second-order valence-electron chi connectivity index (χ2n) is 6.98. The van der Waals surface area contributed by atoms with Crippen LogP contribution < -0.4 is 5.32 Å². The first-order valence-corrected chi connectivity index (χ1v) is 9.15. The Labute approximate surface area is 150 Å². The van der Waals surface area contributed by atoms with Gasteiger partial charge in [-0.1, -0.05) is 36.8 Å². The molecular weight excluding hydrogens is 310 g/mol. The molecule has 0 saturated carbocycles. The van der Waals surface area contributed by atoms with Gasteiger partial charge in [-0.25, -0.2) is 4.98 Å². The summed E-state index contributed by atoms with van der Waals surface area (Å²) in [6.45, 7) is 6.94. The quantitative estimate of drug-likeness (QED) is 0.905. The molecule has 1 amide bonds. The van der Waals surface area contributed by atoms with Crippen LogP contribution >= 0.6 is 0 Å². The van der Waals surface area contributed by atoms with Gasteiger partial charge in [0.15, 0.2) is 0 Å². The van der Waals surface area contributed by atoms with Crippen LogP contribution in [0, 0.1) is 6.92 Å². The van der Waals surface area contributed by atoms with Gasteiger partial charge in [-0.05, 0) is 56.5 Å². The Balaban J connectivity index is 1.53. The fraction of sp³-hybridized carbons (Fsp3) is 0.429. The Morgan fingerprint density at radius 2 is 1.92 bits per heavy atom. The number of rotatable bonds is 5. The molecule has 0 aliphatic carbocycles. The molecule has 2 aromatic rings. The zero-order valence-electron chi connectivity index (χ0n) is 15.2. The van der Waals surface area contributed by atoms with E-state index in [1.54, 1.807) is 6.07 Å². The number of amides is 1. The van der Waals surface area contributed by atoms with Gasteiger partial charge in [0.2, 0.25) is 0 Å². The number of nitrogens with one attached hydrogen (secondary N) is 1. The minimum atomic E-state index is -0.130. The van der Waals surface area contributed by atoms with Gasteiger partial charge in [-0.2, -0.15) is 0 Å². The smallest absolute Gasteiger partial charge is 0.270 e. The lowest BCUT2D eigenvalue weighted by molar-refractivity contribution is 0.0945. The van der Waals surface area contributed by atoms with Crippen LogP contribution in [-0.2, 0) is 13.1 Å². The largest absolute Gasteiger partial charge is 0.347 e. The maximum atomic E-state index is 12.2. The van der Waals surface area contributed by atoms with Crippen molar-refractivity contribution >= 4 is 5.91 Å². The third kappa shape index (κ3) is 4.89. The van der Waals surface area contributed by atoms with Crippen LogP contribution in [0.15, 0.2) is 42.5 Å². The van der Waals surface area contributed by atoms with Crippen LogP contribution in [0.5, 0.6) is 0 Å². The van der Waals surface area contributed by atoms with Crippen LogP contribution in [0.2, 0.25) is 0 Å². The predicted octanol–water partition coefficient (Wildman–Crippen LogP) is 3.69. The highest BCUT2D eigenvalue weighted by molar-refractivity contribution is 5.92. The molecule has 1 aliphatic heterocycles. The number of carbonyl (C=O) groups is 1. The number of likely N-dealkylation sites (tertiary alicyclic amines) is 1. The molecule has 1 unspecified atom stereocenters. The van der Waals surface area contributed by atoms with E-state index >= 15 is 0 Å². The van der Waals surface area contributed by atoms with Crippen molar-refractivity contribution in [3.63, 3.8) is 0 Å². The Morgan fingerprint density at radius 3 is 2.64 bits per heavy atom. The molecule has 2 heterocycles. The molecule has 4 nitrogen and oxygen atoms in total. The summed E-state index contributed by atoms with van der Waals surface area (Å²) in [6, 6.07) is 14.7. The van der Waals surface area contributed by atoms with Gasteiger partial charge in [0.1, 0.15) is 5.69 Å². The summed E-state index contributed by atoms with van der Waals surface area (Å²) in [7, 11) is 0. The maximum absolute atomic E-state index is 12.2. The average Bonchev–Trinajstić information content (AvgIpc) is 2.63. The van der Waals surface area contributed by atoms with E-state index in [2.05, 4.69) is 46.4 Å². The fourth-order valence-electron chi connectivity index (χ4n) is 3.33. The van der Waals surface area contributed by atoms with Crippen molar-refractivity contribution in [2.75, 3.05) is 6.54 Å². The van der Waals surface area contributed by atoms with E-state index in [1.165, 1.54) is 31.4 Å². The summed E-state index contributed by atoms with van der Waals surface area (Å²) >= 11 is 0. The van der Waals surface area contributed by atoms with Crippen molar-refractivity contribution in [2.45, 2.75) is 52.2 Å². The summed E-state index contributed by atoms with van der Waals surface area (Å²) in [5.41, 5.74) is 3.76. The number of piperidine rings is 1. The highest BCUT2D eigenvalue weighted by Crippen LogP contribution is 2.19. The Morgan fingerprint density at radius 1 is 1.16 bits per heavy atom. The van der Waals surface area contributed by atoms with Crippen molar-refractivity contribution in [1.29, 1.82) is 0 Å². The first-order valence-electron chi connectivity index (χ1n) is 9.15. The SMILES string of the molecule is Cc1cccc(C(=O)NCc2ccc(CN3CCCCC3C)cc2)n1. The van der Waals surface area contributed by atoms with Crippen molar-refractivity contribution in [3.8, 4) is 0 Å². The molecule has 1 aromatic carbocycles. The lowest BCUT2D eigenvalue weighted by atomic mass is 10.0. The lowest BCUT2D eigenvalue weighted by Gasteiger charge is -2.33. The van der Waals surface area contributed by atoms with Crippen molar-refractivity contribution in [2.24, 2.45) is 0 Å². The molecule has 0 radical (unpaired) electrons. The molecule has 0 spiro atoms. The molecule has 0 bridgehead atoms. The number of aryl methyl sites for hydroxylation is 1. The number of aromatic nitrogens is 1. The molecule has 1 aliphatic rings. The maximum Gasteiger partial charge on any atom is 0.270 e. The van der Waals surface area contributed by atoms with Crippen LogP contribution in [0.25, 0.3) is 0 Å². The zero-order chi connectivity index (χ0) is 17.6. The summed E-state index contributed by atoms with van der Waals surface area (Å²) in [5, 5.41) is 2.94. The molecule has 25 heavy (non-hydrogen) atoms. The standard InChI is InChI=1S/C21H27N3O/c1-16-6-5-8-20(23-16)21(25)22-14-18-9-11-19(12-10-18)15-24-13-4-3-7-17(24)2/h5-6,8-12,17H,3-4,7,13-15H2,1-2H3,(H,22,25). The summed E-state index contributed by atoms with van der Waals surface area (Å²) in [6.07, 6.45) is 3.96. The first-order chi connectivity index (χ1) is 12.1. The minimum Gasteiger partial charge on any atom is -0.347 e. The molecule has 3 rings (SSSR count). The van der Waals surface area contributed by atoms with E-state index in [9.17, 15) is 4.79 Å². The summed E-state index contributed by atoms with van der Waals surface area (Å²) in [4.78, 5) is 19.0. The van der Waals surface area contributed by atoms with Gasteiger partial charge in [-0.3, -0.25) is 9.69 Å². The van der Waals surface area contributed by atoms with Gasteiger partial charge in [-0.15, -0.1) is 0 Å². The van der Waals surface area contributed by atoms with Gasteiger partial charge < -0.3 is 5.32 Å². The lowest BCUT2D eigenvalue weighted by Crippen LogP contribution is -2.36. The molecule has 4 heteroatoms. The first kappa shape index (κ1) is 17.6. The van der Waals surface area contributed by atoms with Gasteiger partial charge in [0.05, 0.1) is 0 Å². The van der Waals surface area contributed by atoms with Gasteiger partial charge >= 0.3 is 0 Å². The van der Waals surface area contributed by atoms with Crippen LogP contribution in [0.1, 0.15) is 53.5 Å². The van der Waals surface area contributed by atoms with Gasteiger partial charge in [0, 0.05) is 24.8 Å². The highest BCUT2D eigenvalue weighted by Gasteiger charge is 2.17. The Hall–Kier alpha value is -2.20. The fourth-order valence-corrected chi connectivity index (χ4v) is 3.33. The van der Waals surface area contributed by atoms with Gasteiger partial charge in [0.25, 0.3) is 5.91 Å². The second kappa shape index (κ2) is 8.26. The molecule has 1 atom stereocenters. The number of pyridine rings is 1. The highest BCUT2D eigenvalue weighted by atomic mass is 16.1. The van der Waals surface area contributed by atoms with Crippen molar-refractivity contribution in [3.05, 3.63) is 65.0 Å². The molecule has 1 aromatic heterocycles. The molecule has 132 valence electrons. The molecule has 1 fully saturated rings. The second-order valence-corrected chi connectivity index (χ2v) is 6.98. The normalized spacial score (nSPS) is 18.1. The predicted molar refractivity (Wildman–Crippen MR) is 100 cm³/mol. The molecular formula is C21H27N3O. The zero-order valence-corrected chi connectivity index (χ0v) is 15.2. The van der Waals surface area contributed by atoms with Crippen LogP contribution in [0.4, 0.5) is 0 Å². The van der Waals surface area contributed by atoms with E-state index in [0.29, 0.717) is 18.3 Å². The van der Waals surface area contributed by atoms with Crippen molar-refractivity contribution < 1.29 is 4.79 Å². The average molecular weight is 337 g/mol. The Bertz CT molecular complexity index is 711. The number of carbonyl (C=O) groups excluding carboxylic acids is 1. The third-order valence-electron chi connectivity index (χ3n) is 4.92. The van der Waals surface area contributed by atoms with Crippen LogP contribution in [-0.4, -0.2) is 28.4 Å². The summed E-state index contributed by atoms with van der Waals surface area (Å²) < 4.78 is 0. The number of hydrogen-bond acceptors (Lipinski definition) is 3. The Kier molecular flexibility index (Phi) is 5.82. The van der Waals surface area contributed by atoms with E-state index in [4.69, 9.17) is 0 Å². The third-order valence-corrected chi connectivity index (χ3v) is 4.92. The number of hydrogen-bond donors (Lipinski definition) is 1. The van der Waals surface area contributed by atoms with E-state index in [0.717, 1.165) is 17.8 Å². The number of nitrogens with zero attached hydrogens (tertiary/aromatic N) is 2. The van der Waals surface area contributed by atoms with E-state index in [1.807, 2.05) is 19.1 Å². The van der Waals surface area contributed by atoms with E-state index < -0.39 is 0 Å². The topological polar surface area (TPSA) is 45.2 Å². The summed E-state index contributed by atoms with van der Waals surface area (Å²) in [5.74, 6) is -0.130. The van der Waals surface area contributed by atoms with Crippen molar-refractivity contribution in [1.82, 2.24) is 15.2 Å². The number of benzene rings is 1.